The molecule has 2 rings (SSSR count). The first-order valence-corrected chi connectivity index (χ1v) is 7.05. The molecule has 94 valence electrons. The first-order chi connectivity index (χ1) is 8.16. The molecule has 1 aliphatic rings. The van der Waals surface area contributed by atoms with E-state index in [0.717, 1.165) is 26.3 Å². The summed E-state index contributed by atoms with van der Waals surface area (Å²) in [6, 6.07) is 6.81. The molecular formula is C14H21NOS. The average molecular weight is 251 g/mol. The number of morpholine rings is 1. The van der Waals surface area contributed by atoms with Gasteiger partial charge in [-0.25, -0.2) is 4.31 Å². The van der Waals surface area contributed by atoms with Gasteiger partial charge in [0.25, 0.3) is 0 Å². The van der Waals surface area contributed by atoms with Crippen LogP contribution in [0.3, 0.4) is 0 Å². The van der Waals surface area contributed by atoms with Crippen molar-refractivity contribution in [1.82, 2.24) is 4.31 Å². The largest absolute Gasteiger partial charge is 0.379 e. The minimum absolute atomic E-state index is 0.609. The molecule has 0 spiro atoms. The van der Waals surface area contributed by atoms with Crippen LogP contribution in [-0.4, -0.2) is 30.6 Å². The number of hydrogen-bond donors (Lipinski definition) is 0. The molecule has 1 heterocycles. The van der Waals surface area contributed by atoms with E-state index in [9.17, 15) is 0 Å². The Morgan fingerprint density at radius 1 is 1.24 bits per heavy atom. The predicted octanol–water partition coefficient (Wildman–Crippen LogP) is 3.46. The highest BCUT2D eigenvalue weighted by molar-refractivity contribution is 7.97. The first kappa shape index (κ1) is 12.9. The van der Waals surface area contributed by atoms with Crippen molar-refractivity contribution in [2.24, 2.45) is 0 Å². The van der Waals surface area contributed by atoms with E-state index in [4.69, 9.17) is 4.74 Å². The molecule has 17 heavy (non-hydrogen) atoms. The summed E-state index contributed by atoms with van der Waals surface area (Å²) in [6.45, 7) is 10.5. The molecule has 1 fully saturated rings. The minimum atomic E-state index is 0.609. The molecule has 0 saturated carbocycles. The summed E-state index contributed by atoms with van der Waals surface area (Å²) in [5.74, 6) is 0.609. The lowest BCUT2D eigenvalue weighted by Crippen LogP contribution is -2.30. The van der Waals surface area contributed by atoms with E-state index in [-0.39, 0.29) is 0 Å². The fourth-order valence-corrected chi connectivity index (χ4v) is 3.13. The van der Waals surface area contributed by atoms with Crippen molar-refractivity contribution in [1.29, 1.82) is 0 Å². The highest BCUT2D eigenvalue weighted by Crippen LogP contribution is 2.28. The van der Waals surface area contributed by atoms with Gasteiger partial charge in [0.1, 0.15) is 0 Å². The summed E-state index contributed by atoms with van der Waals surface area (Å²) in [6.07, 6.45) is 0. The Hall–Kier alpha value is -0.510. The van der Waals surface area contributed by atoms with Gasteiger partial charge in [-0.05, 0) is 48.0 Å². The van der Waals surface area contributed by atoms with E-state index >= 15 is 0 Å². The number of nitrogens with zero attached hydrogens (tertiary/aromatic N) is 1. The topological polar surface area (TPSA) is 12.5 Å². The molecule has 1 saturated heterocycles. The molecule has 0 bridgehead atoms. The summed E-state index contributed by atoms with van der Waals surface area (Å²) in [5.41, 5.74) is 2.86. The van der Waals surface area contributed by atoms with E-state index < -0.39 is 0 Å². The number of rotatable bonds is 3. The smallest absolute Gasteiger partial charge is 0.0603 e. The standard InChI is InChI=1S/C14H21NOS/c1-11(2)14-5-4-13(10-12(14)3)17-15-6-8-16-9-7-15/h4-5,10-11H,6-9H2,1-3H3. The fourth-order valence-electron chi connectivity index (χ4n) is 2.14. The number of benzene rings is 1. The van der Waals surface area contributed by atoms with Gasteiger partial charge in [0.15, 0.2) is 0 Å². The molecule has 2 nitrogen and oxygen atoms in total. The van der Waals surface area contributed by atoms with Crippen molar-refractivity contribution in [2.45, 2.75) is 31.6 Å². The Morgan fingerprint density at radius 2 is 1.94 bits per heavy atom. The summed E-state index contributed by atoms with van der Waals surface area (Å²) < 4.78 is 7.74. The SMILES string of the molecule is Cc1cc(SN2CCOCC2)ccc1C(C)C. The molecule has 0 atom stereocenters. The van der Waals surface area contributed by atoms with Crippen molar-refractivity contribution in [3.8, 4) is 0 Å². The van der Waals surface area contributed by atoms with Gasteiger partial charge in [0.05, 0.1) is 13.2 Å². The Kier molecular flexibility index (Phi) is 4.48. The van der Waals surface area contributed by atoms with Crippen molar-refractivity contribution in [3.63, 3.8) is 0 Å². The number of hydrogen-bond acceptors (Lipinski definition) is 3. The van der Waals surface area contributed by atoms with Crippen LogP contribution in [0.5, 0.6) is 0 Å². The molecule has 1 aliphatic heterocycles. The van der Waals surface area contributed by atoms with Gasteiger partial charge < -0.3 is 4.74 Å². The van der Waals surface area contributed by atoms with Crippen LogP contribution < -0.4 is 0 Å². The molecule has 0 amide bonds. The predicted molar refractivity (Wildman–Crippen MR) is 73.5 cm³/mol. The minimum Gasteiger partial charge on any atom is -0.379 e. The zero-order valence-corrected chi connectivity index (χ0v) is 11.7. The normalized spacial score (nSPS) is 17.6. The number of aryl methyl sites for hydroxylation is 1. The quantitative estimate of drug-likeness (QED) is 0.763. The van der Waals surface area contributed by atoms with Crippen molar-refractivity contribution in [3.05, 3.63) is 29.3 Å². The third kappa shape index (κ3) is 3.47. The maximum absolute atomic E-state index is 5.36. The van der Waals surface area contributed by atoms with Crippen LogP contribution in [-0.2, 0) is 4.74 Å². The van der Waals surface area contributed by atoms with E-state index in [1.165, 1.54) is 16.0 Å². The monoisotopic (exact) mass is 251 g/mol. The number of ether oxygens (including phenoxy) is 1. The Balaban J connectivity index is 2.04. The van der Waals surface area contributed by atoms with E-state index in [2.05, 4.69) is 43.3 Å². The summed E-state index contributed by atoms with van der Waals surface area (Å²) in [7, 11) is 0. The van der Waals surface area contributed by atoms with Crippen LogP contribution in [0.2, 0.25) is 0 Å². The maximum Gasteiger partial charge on any atom is 0.0603 e. The summed E-state index contributed by atoms with van der Waals surface area (Å²) in [5, 5.41) is 0. The average Bonchev–Trinajstić information content (AvgIpc) is 2.30. The maximum atomic E-state index is 5.36. The Labute approximate surface area is 108 Å². The molecule has 0 unspecified atom stereocenters. The van der Waals surface area contributed by atoms with Gasteiger partial charge in [-0.3, -0.25) is 0 Å². The van der Waals surface area contributed by atoms with Gasteiger partial charge in [-0.15, -0.1) is 0 Å². The Bertz CT molecular complexity index is 372. The second-order valence-corrected chi connectivity index (χ2v) is 5.98. The van der Waals surface area contributed by atoms with Crippen LogP contribution in [0.4, 0.5) is 0 Å². The van der Waals surface area contributed by atoms with E-state index in [1.807, 2.05) is 11.9 Å². The lowest BCUT2D eigenvalue weighted by atomic mass is 9.98. The van der Waals surface area contributed by atoms with Crippen LogP contribution in [0.15, 0.2) is 23.1 Å². The Morgan fingerprint density at radius 3 is 2.53 bits per heavy atom. The second kappa shape index (κ2) is 5.89. The van der Waals surface area contributed by atoms with Crippen LogP contribution in [0.1, 0.15) is 30.9 Å². The van der Waals surface area contributed by atoms with Crippen LogP contribution in [0.25, 0.3) is 0 Å². The zero-order chi connectivity index (χ0) is 12.3. The molecule has 1 aromatic rings. The highest BCUT2D eigenvalue weighted by atomic mass is 32.2. The summed E-state index contributed by atoms with van der Waals surface area (Å²) >= 11 is 1.85. The van der Waals surface area contributed by atoms with Crippen molar-refractivity contribution in [2.75, 3.05) is 26.3 Å². The molecule has 0 aliphatic carbocycles. The van der Waals surface area contributed by atoms with E-state index in [1.54, 1.807) is 0 Å². The van der Waals surface area contributed by atoms with Gasteiger partial charge >= 0.3 is 0 Å². The molecule has 0 aromatic heterocycles. The van der Waals surface area contributed by atoms with Crippen LogP contribution in [0, 0.1) is 6.92 Å². The highest BCUT2D eigenvalue weighted by Gasteiger charge is 2.12. The molecule has 0 N–H and O–H groups in total. The van der Waals surface area contributed by atoms with Gasteiger partial charge in [-0.1, -0.05) is 19.9 Å². The van der Waals surface area contributed by atoms with Crippen molar-refractivity contribution < 1.29 is 4.74 Å². The molecule has 0 radical (unpaired) electrons. The van der Waals surface area contributed by atoms with Crippen LogP contribution >= 0.6 is 11.9 Å². The third-order valence-corrected chi connectivity index (χ3v) is 4.16. The fraction of sp³-hybridized carbons (Fsp3) is 0.571. The van der Waals surface area contributed by atoms with E-state index in [0.29, 0.717) is 5.92 Å². The second-order valence-electron chi connectivity index (χ2n) is 4.81. The van der Waals surface area contributed by atoms with Gasteiger partial charge in [0.2, 0.25) is 0 Å². The first-order valence-electron chi connectivity index (χ1n) is 6.28. The zero-order valence-electron chi connectivity index (χ0n) is 10.9. The van der Waals surface area contributed by atoms with Gasteiger partial charge in [-0.2, -0.15) is 0 Å². The lowest BCUT2D eigenvalue weighted by Gasteiger charge is -2.25. The third-order valence-electron chi connectivity index (χ3n) is 3.07. The van der Waals surface area contributed by atoms with Gasteiger partial charge in [0, 0.05) is 18.0 Å². The molecular weight excluding hydrogens is 230 g/mol. The molecule has 3 heteroatoms. The van der Waals surface area contributed by atoms with Crippen molar-refractivity contribution >= 4 is 11.9 Å². The lowest BCUT2D eigenvalue weighted by molar-refractivity contribution is 0.0773. The molecule has 1 aromatic carbocycles. The summed E-state index contributed by atoms with van der Waals surface area (Å²) in [4.78, 5) is 1.34.